The molecule has 1 saturated heterocycles. The first kappa shape index (κ1) is 16.2. The SMILES string of the molecule is CC(=O)N1CCc2cc(C(=O)N3CCS(=O)CC(C)C3)ccc21. The van der Waals surface area contributed by atoms with Crippen LogP contribution in [-0.4, -0.2) is 52.1 Å². The van der Waals surface area contributed by atoms with E-state index < -0.39 is 10.8 Å². The van der Waals surface area contributed by atoms with E-state index in [-0.39, 0.29) is 17.7 Å². The number of carbonyl (C=O) groups is 2. The summed E-state index contributed by atoms with van der Waals surface area (Å²) in [7, 11) is -0.829. The highest BCUT2D eigenvalue weighted by Crippen LogP contribution is 2.29. The molecule has 124 valence electrons. The Balaban J connectivity index is 1.81. The van der Waals surface area contributed by atoms with E-state index in [0.29, 0.717) is 36.7 Å². The molecule has 0 N–H and O–H groups in total. The van der Waals surface area contributed by atoms with Crippen molar-refractivity contribution in [1.82, 2.24) is 4.90 Å². The molecule has 2 aliphatic heterocycles. The highest BCUT2D eigenvalue weighted by atomic mass is 32.2. The van der Waals surface area contributed by atoms with Crippen LogP contribution < -0.4 is 4.90 Å². The molecule has 3 rings (SSSR count). The fourth-order valence-electron chi connectivity index (χ4n) is 3.36. The number of benzene rings is 1. The third-order valence-corrected chi connectivity index (χ3v) is 6.06. The summed E-state index contributed by atoms with van der Waals surface area (Å²) in [5.74, 6) is 1.51. The zero-order valence-corrected chi connectivity index (χ0v) is 14.4. The number of hydrogen-bond donors (Lipinski definition) is 0. The molecule has 0 radical (unpaired) electrons. The van der Waals surface area contributed by atoms with Crippen LogP contribution >= 0.6 is 0 Å². The molecule has 2 amide bonds. The van der Waals surface area contributed by atoms with Crippen LogP contribution in [0.3, 0.4) is 0 Å². The lowest BCUT2D eigenvalue weighted by molar-refractivity contribution is -0.116. The molecule has 1 fully saturated rings. The lowest BCUT2D eigenvalue weighted by atomic mass is 10.1. The van der Waals surface area contributed by atoms with E-state index in [4.69, 9.17) is 0 Å². The Kier molecular flexibility index (Phi) is 4.53. The largest absolute Gasteiger partial charge is 0.337 e. The van der Waals surface area contributed by atoms with Gasteiger partial charge in [0.05, 0.1) is 0 Å². The summed E-state index contributed by atoms with van der Waals surface area (Å²) in [6.07, 6.45) is 0.788. The van der Waals surface area contributed by atoms with E-state index in [2.05, 4.69) is 0 Å². The smallest absolute Gasteiger partial charge is 0.253 e. The number of anilines is 1. The van der Waals surface area contributed by atoms with Gasteiger partial charge in [0, 0.05) is 60.1 Å². The van der Waals surface area contributed by atoms with Crippen molar-refractivity contribution in [1.29, 1.82) is 0 Å². The number of carbonyl (C=O) groups excluding carboxylic acids is 2. The molecule has 0 aliphatic carbocycles. The lowest BCUT2D eigenvalue weighted by Crippen LogP contribution is -2.35. The Morgan fingerprint density at radius 1 is 1.26 bits per heavy atom. The van der Waals surface area contributed by atoms with Gasteiger partial charge in [0.2, 0.25) is 5.91 Å². The van der Waals surface area contributed by atoms with Gasteiger partial charge in [-0.15, -0.1) is 0 Å². The topological polar surface area (TPSA) is 57.7 Å². The molecule has 0 spiro atoms. The predicted molar refractivity (Wildman–Crippen MR) is 91.1 cm³/mol. The van der Waals surface area contributed by atoms with Gasteiger partial charge in [-0.05, 0) is 36.1 Å². The number of hydrogen-bond acceptors (Lipinski definition) is 3. The molecule has 1 aromatic rings. The molecule has 2 unspecified atom stereocenters. The summed E-state index contributed by atoms with van der Waals surface area (Å²) >= 11 is 0. The molecule has 2 heterocycles. The second kappa shape index (κ2) is 6.43. The summed E-state index contributed by atoms with van der Waals surface area (Å²) in [6, 6.07) is 5.58. The van der Waals surface area contributed by atoms with E-state index in [1.807, 2.05) is 24.0 Å². The molecule has 5 nitrogen and oxygen atoms in total. The van der Waals surface area contributed by atoms with Crippen LogP contribution in [-0.2, 0) is 22.0 Å². The summed E-state index contributed by atoms with van der Waals surface area (Å²) in [6.45, 7) is 5.49. The van der Waals surface area contributed by atoms with Crippen LogP contribution in [0.4, 0.5) is 5.69 Å². The van der Waals surface area contributed by atoms with Crippen LogP contribution in [0.15, 0.2) is 18.2 Å². The Morgan fingerprint density at radius 2 is 2.04 bits per heavy atom. The minimum Gasteiger partial charge on any atom is -0.337 e. The Bertz CT molecular complexity index is 674. The van der Waals surface area contributed by atoms with E-state index in [1.54, 1.807) is 17.9 Å². The maximum atomic E-state index is 12.8. The van der Waals surface area contributed by atoms with Crippen LogP contribution in [0.2, 0.25) is 0 Å². The summed E-state index contributed by atoms with van der Waals surface area (Å²) in [4.78, 5) is 27.9. The fourth-order valence-corrected chi connectivity index (χ4v) is 4.69. The lowest BCUT2D eigenvalue weighted by Gasteiger charge is -2.23. The second-order valence-electron chi connectivity index (χ2n) is 6.43. The first-order valence-corrected chi connectivity index (χ1v) is 9.50. The van der Waals surface area contributed by atoms with Gasteiger partial charge in [-0.3, -0.25) is 13.8 Å². The zero-order valence-electron chi connectivity index (χ0n) is 13.6. The first-order chi connectivity index (χ1) is 11.0. The van der Waals surface area contributed by atoms with Crippen LogP contribution in [0, 0.1) is 5.92 Å². The van der Waals surface area contributed by atoms with Gasteiger partial charge in [0.1, 0.15) is 0 Å². The van der Waals surface area contributed by atoms with E-state index >= 15 is 0 Å². The Hall–Kier alpha value is -1.69. The second-order valence-corrected chi connectivity index (χ2v) is 8.05. The van der Waals surface area contributed by atoms with Crippen molar-refractivity contribution < 1.29 is 13.8 Å². The van der Waals surface area contributed by atoms with Crippen molar-refractivity contribution >= 4 is 28.3 Å². The number of amides is 2. The third kappa shape index (κ3) is 3.32. The van der Waals surface area contributed by atoms with Gasteiger partial charge >= 0.3 is 0 Å². The van der Waals surface area contributed by atoms with Crippen molar-refractivity contribution in [2.24, 2.45) is 5.92 Å². The molecule has 0 aromatic heterocycles. The van der Waals surface area contributed by atoms with Crippen LogP contribution in [0.5, 0.6) is 0 Å². The van der Waals surface area contributed by atoms with E-state index in [1.165, 1.54) is 0 Å². The fraction of sp³-hybridized carbons (Fsp3) is 0.529. The van der Waals surface area contributed by atoms with Gasteiger partial charge in [0.15, 0.2) is 0 Å². The first-order valence-electron chi connectivity index (χ1n) is 8.01. The standard InChI is InChI=1S/C17H22N2O3S/c1-12-10-18(7-8-23(22)11-12)17(21)15-3-4-16-14(9-15)5-6-19(16)13(2)20/h3-4,9,12H,5-8,10-11H2,1-2H3. The predicted octanol–water partition coefficient (Wildman–Crippen LogP) is 1.44. The maximum absolute atomic E-state index is 12.8. The van der Waals surface area contributed by atoms with Crippen LogP contribution in [0.1, 0.15) is 29.8 Å². The minimum atomic E-state index is -0.829. The average molecular weight is 334 g/mol. The van der Waals surface area contributed by atoms with Crippen molar-refractivity contribution in [3.8, 4) is 0 Å². The quantitative estimate of drug-likeness (QED) is 0.781. The molecule has 1 aromatic carbocycles. The van der Waals surface area contributed by atoms with Crippen molar-refractivity contribution in [2.75, 3.05) is 36.0 Å². The highest BCUT2D eigenvalue weighted by molar-refractivity contribution is 7.85. The monoisotopic (exact) mass is 334 g/mol. The summed E-state index contributed by atoms with van der Waals surface area (Å²) < 4.78 is 11.8. The maximum Gasteiger partial charge on any atom is 0.253 e. The Morgan fingerprint density at radius 3 is 2.78 bits per heavy atom. The van der Waals surface area contributed by atoms with Crippen LogP contribution in [0.25, 0.3) is 0 Å². The minimum absolute atomic E-state index is 0.000162. The summed E-state index contributed by atoms with van der Waals surface area (Å²) in [5, 5.41) is 0. The van der Waals surface area contributed by atoms with Gasteiger partial charge in [0.25, 0.3) is 5.91 Å². The average Bonchev–Trinajstić information content (AvgIpc) is 2.85. The van der Waals surface area contributed by atoms with Gasteiger partial charge < -0.3 is 9.80 Å². The molecule has 2 aliphatic rings. The van der Waals surface area contributed by atoms with E-state index in [9.17, 15) is 13.8 Å². The van der Waals surface area contributed by atoms with Crippen molar-refractivity contribution in [3.63, 3.8) is 0 Å². The Labute approximate surface area is 139 Å². The molecular weight excluding hydrogens is 312 g/mol. The van der Waals surface area contributed by atoms with Gasteiger partial charge in [-0.25, -0.2) is 0 Å². The molecular formula is C17H22N2O3S. The zero-order chi connectivity index (χ0) is 16.6. The van der Waals surface area contributed by atoms with Crippen molar-refractivity contribution in [2.45, 2.75) is 20.3 Å². The highest BCUT2D eigenvalue weighted by Gasteiger charge is 2.26. The molecule has 2 atom stereocenters. The van der Waals surface area contributed by atoms with Gasteiger partial charge in [-0.1, -0.05) is 6.92 Å². The number of nitrogens with zero attached hydrogens (tertiary/aromatic N) is 2. The van der Waals surface area contributed by atoms with Crippen molar-refractivity contribution in [3.05, 3.63) is 29.3 Å². The van der Waals surface area contributed by atoms with E-state index in [0.717, 1.165) is 17.7 Å². The normalized spacial score (nSPS) is 24.3. The van der Waals surface area contributed by atoms with Gasteiger partial charge in [-0.2, -0.15) is 0 Å². The molecule has 0 saturated carbocycles. The number of fused-ring (bicyclic) bond motifs is 1. The number of rotatable bonds is 1. The molecule has 23 heavy (non-hydrogen) atoms. The molecule has 6 heteroatoms. The summed E-state index contributed by atoms with van der Waals surface area (Å²) in [5.41, 5.74) is 2.63. The third-order valence-electron chi connectivity index (χ3n) is 4.48. The molecule has 0 bridgehead atoms.